The second kappa shape index (κ2) is 5.96. The van der Waals surface area contributed by atoms with Crippen molar-refractivity contribution in [1.82, 2.24) is 0 Å². The van der Waals surface area contributed by atoms with E-state index in [1.807, 2.05) is 30.3 Å². The molecule has 3 nitrogen and oxygen atoms in total. The summed E-state index contributed by atoms with van der Waals surface area (Å²) in [6.45, 7) is 0. The van der Waals surface area contributed by atoms with Crippen LogP contribution in [0.15, 0.2) is 30.3 Å². The van der Waals surface area contributed by atoms with Crippen molar-refractivity contribution in [2.24, 2.45) is 5.73 Å². The van der Waals surface area contributed by atoms with Gasteiger partial charge in [-0.3, -0.25) is 4.79 Å². The van der Waals surface area contributed by atoms with E-state index >= 15 is 0 Å². The Morgan fingerprint density at radius 2 is 2.00 bits per heavy atom. The van der Waals surface area contributed by atoms with Gasteiger partial charge >= 0.3 is 29.0 Å². The molecule has 4 heteroatoms. The van der Waals surface area contributed by atoms with Gasteiger partial charge in [0.1, 0.15) is 6.04 Å². The molecule has 0 fully saturated rings. The topological polar surface area (TPSA) is 63.3 Å². The van der Waals surface area contributed by atoms with Gasteiger partial charge in [-0.25, -0.2) is 0 Å². The molecule has 1 atom stereocenters. The Labute approximate surface area is 96.1 Å². The van der Waals surface area contributed by atoms with Crippen LogP contribution in [-0.4, -0.2) is 40.2 Å². The first-order valence-corrected chi connectivity index (χ1v) is 3.72. The standard InChI is InChI=1S/C9H11NO2.Mg.2H/c10-8(9(11)12)6-7-4-2-1-3-5-7;;;/h1-5,8H,6,10H2,(H,11,12);;;/q;+2;2*-1/t8-;;;/m0.../s1. The van der Waals surface area contributed by atoms with Crippen molar-refractivity contribution in [1.29, 1.82) is 0 Å². The maximum absolute atomic E-state index is 10.4. The molecule has 0 saturated carbocycles. The zero-order chi connectivity index (χ0) is 8.97. The Balaban J connectivity index is -0.000000480. The van der Waals surface area contributed by atoms with Crippen molar-refractivity contribution in [3.05, 3.63) is 35.9 Å². The number of carboxylic acids is 1. The minimum Gasteiger partial charge on any atom is -1.00 e. The Morgan fingerprint density at radius 3 is 2.46 bits per heavy atom. The van der Waals surface area contributed by atoms with E-state index in [4.69, 9.17) is 10.8 Å². The third-order valence-corrected chi connectivity index (χ3v) is 1.62. The predicted molar refractivity (Wildman–Crippen MR) is 53.7 cm³/mol. The third kappa shape index (κ3) is 4.26. The van der Waals surface area contributed by atoms with Crippen LogP contribution in [0.1, 0.15) is 8.42 Å². The molecule has 0 aromatic heterocycles. The molecule has 0 amide bonds. The summed E-state index contributed by atoms with van der Waals surface area (Å²) in [5, 5.41) is 8.52. The summed E-state index contributed by atoms with van der Waals surface area (Å²) in [6, 6.07) is 8.54. The van der Waals surface area contributed by atoms with E-state index in [1.165, 1.54) is 0 Å². The molecule has 0 saturated heterocycles. The van der Waals surface area contributed by atoms with E-state index < -0.39 is 12.0 Å². The summed E-state index contributed by atoms with van der Waals surface area (Å²) in [6.07, 6.45) is 0.385. The van der Waals surface area contributed by atoms with Crippen molar-refractivity contribution in [2.45, 2.75) is 12.5 Å². The molecule has 0 aliphatic carbocycles. The fourth-order valence-electron chi connectivity index (χ4n) is 0.955. The minimum absolute atomic E-state index is 0. The average molecular weight is 192 g/mol. The molecular weight excluding hydrogens is 178 g/mol. The van der Waals surface area contributed by atoms with Crippen molar-refractivity contribution < 1.29 is 12.8 Å². The normalized spacial score (nSPS) is 11.5. The fraction of sp³-hybridized carbons (Fsp3) is 0.222. The van der Waals surface area contributed by atoms with E-state index in [9.17, 15) is 4.79 Å². The molecular formula is C9H13MgNO2. The van der Waals surface area contributed by atoms with Crippen LogP contribution in [-0.2, 0) is 11.2 Å². The molecule has 1 aromatic rings. The van der Waals surface area contributed by atoms with Gasteiger partial charge in [0.2, 0.25) is 0 Å². The second-order valence-corrected chi connectivity index (χ2v) is 2.63. The molecule has 13 heavy (non-hydrogen) atoms. The molecule has 0 heterocycles. The van der Waals surface area contributed by atoms with Crippen molar-refractivity contribution >= 4 is 29.0 Å². The summed E-state index contributed by atoms with van der Waals surface area (Å²) in [7, 11) is 0. The molecule has 68 valence electrons. The minimum atomic E-state index is -0.959. The van der Waals surface area contributed by atoms with Gasteiger partial charge in [0, 0.05) is 0 Å². The number of aliphatic carboxylic acids is 1. The molecule has 3 N–H and O–H groups in total. The fourth-order valence-corrected chi connectivity index (χ4v) is 0.955. The third-order valence-electron chi connectivity index (χ3n) is 1.62. The number of rotatable bonds is 3. The van der Waals surface area contributed by atoms with E-state index in [0.717, 1.165) is 5.56 Å². The Kier molecular flexibility index (Phi) is 5.69. The summed E-state index contributed by atoms with van der Waals surface area (Å²) in [4.78, 5) is 10.4. The number of carboxylic acid groups (broad SMARTS) is 1. The van der Waals surface area contributed by atoms with Crippen molar-refractivity contribution in [2.75, 3.05) is 0 Å². The quantitative estimate of drug-likeness (QED) is 0.684. The van der Waals surface area contributed by atoms with Crippen molar-refractivity contribution in [3.63, 3.8) is 0 Å². The monoisotopic (exact) mass is 191 g/mol. The first kappa shape index (κ1) is 12.4. The van der Waals surface area contributed by atoms with Crippen LogP contribution in [0.2, 0.25) is 0 Å². The smallest absolute Gasteiger partial charge is 1.00 e. The number of hydrogen-bond acceptors (Lipinski definition) is 2. The summed E-state index contributed by atoms with van der Waals surface area (Å²) in [5.74, 6) is -0.959. The Hall–Kier alpha value is -0.584. The molecule has 1 rings (SSSR count). The van der Waals surface area contributed by atoms with E-state index in [2.05, 4.69) is 0 Å². The number of nitrogens with two attached hydrogens (primary N) is 1. The van der Waals surface area contributed by atoms with Gasteiger partial charge < -0.3 is 13.7 Å². The molecule has 0 aliphatic rings. The van der Waals surface area contributed by atoms with Crippen LogP contribution < -0.4 is 5.73 Å². The number of carbonyl (C=O) groups is 1. The molecule has 0 spiro atoms. The Bertz CT molecular complexity index is 272. The number of benzene rings is 1. The van der Waals surface area contributed by atoms with Gasteiger partial charge in [-0.2, -0.15) is 0 Å². The van der Waals surface area contributed by atoms with E-state index in [0.29, 0.717) is 6.42 Å². The van der Waals surface area contributed by atoms with Crippen LogP contribution in [0.25, 0.3) is 0 Å². The maximum atomic E-state index is 10.4. The molecule has 0 bridgehead atoms. The molecule has 0 aliphatic heterocycles. The molecule has 0 radical (unpaired) electrons. The first-order valence-electron chi connectivity index (χ1n) is 3.72. The van der Waals surface area contributed by atoms with Gasteiger partial charge in [0.15, 0.2) is 0 Å². The van der Waals surface area contributed by atoms with Gasteiger partial charge in [-0.15, -0.1) is 0 Å². The van der Waals surface area contributed by atoms with E-state index in [-0.39, 0.29) is 25.9 Å². The van der Waals surface area contributed by atoms with Crippen LogP contribution in [0, 0.1) is 0 Å². The van der Waals surface area contributed by atoms with Gasteiger partial charge in [-0.1, -0.05) is 30.3 Å². The summed E-state index contributed by atoms with van der Waals surface area (Å²) >= 11 is 0. The maximum Gasteiger partial charge on any atom is 2.00 e. The van der Waals surface area contributed by atoms with Gasteiger partial charge in [0.05, 0.1) is 0 Å². The molecule has 1 aromatic carbocycles. The second-order valence-electron chi connectivity index (χ2n) is 2.63. The van der Waals surface area contributed by atoms with Crippen LogP contribution >= 0.6 is 0 Å². The Morgan fingerprint density at radius 1 is 1.46 bits per heavy atom. The van der Waals surface area contributed by atoms with Crippen LogP contribution in [0.4, 0.5) is 0 Å². The predicted octanol–water partition coefficient (Wildman–Crippen LogP) is 0.485. The summed E-state index contributed by atoms with van der Waals surface area (Å²) < 4.78 is 0. The average Bonchev–Trinajstić information content (AvgIpc) is 2.06. The van der Waals surface area contributed by atoms with Crippen LogP contribution in [0.3, 0.4) is 0 Å². The molecule has 0 unspecified atom stereocenters. The van der Waals surface area contributed by atoms with E-state index in [1.54, 1.807) is 0 Å². The zero-order valence-corrected chi connectivity index (χ0v) is 8.73. The number of hydrogen-bond donors (Lipinski definition) is 2. The largest absolute Gasteiger partial charge is 2.00 e. The van der Waals surface area contributed by atoms with Gasteiger partial charge in [-0.05, 0) is 12.0 Å². The van der Waals surface area contributed by atoms with Crippen molar-refractivity contribution in [3.8, 4) is 0 Å². The SMILES string of the molecule is N[C@@H](Cc1ccccc1)C(=O)O.[H-].[H-].[Mg+2]. The summed E-state index contributed by atoms with van der Waals surface area (Å²) in [5.41, 5.74) is 6.30. The van der Waals surface area contributed by atoms with Crippen LogP contribution in [0.5, 0.6) is 0 Å². The zero-order valence-electron chi connectivity index (χ0n) is 9.31. The van der Waals surface area contributed by atoms with Gasteiger partial charge in [0.25, 0.3) is 0 Å². The first-order chi connectivity index (χ1) is 5.70.